The number of carbonyl (C=O) groups excluding carboxylic acids is 2. The summed E-state index contributed by atoms with van der Waals surface area (Å²) < 4.78 is 10.9. The molecule has 1 heterocycles. The van der Waals surface area contributed by atoms with Crippen LogP contribution >= 0.6 is 0 Å². The highest BCUT2D eigenvalue weighted by molar-refractivity contribution is 6.10. The Bertz CT molecular complexity index is 1690. The Morgan fingerprint density at radius 3 is 2.31 bits per heavy atom. The van der Waals surface area contributed by atoms with E-state index in [0.717, 1.165) is 33.2 Å². The maximum Gasteiger partial charge on any atom is 0.343 e. The minimum absolute atomic E-state index is 0.281. The summed E-state index contributed by atoms with van der Waals surface area (Å²) in [5.41, 5.74) is 9.01. The molecule has 7 heteroatoms. The smallest absolute Gasteiger partial charge is 0.343 e. The van der Waals surface area contributed by atoms with Crippen LogP contribution in [0.5, 0.6) is 11.5 Å². The van der Waals surface area contributed by atoms with Crippen LogP contribution in [0, 0.1) is 13.8 Å². The molecule has 4 aromatic carbocycles. The number of amides is 1. The van der Waals surface area contributed by atoms with Gasteiger partial charge in [0.25, 0.3) is 5.91 Å². The number of hydrogen-bond acceptors (Lipinski definition) is 5. The van der Waals surface area contributed by atoms with E-state index < -0.39 is 5.97 Å². The Morgan fingerprint density at radius 1 is 0.872 bits per heavy atom. The lowest BCUT2D eigenvalue weighted by Crippen LogP contribution is -2.18. The first kappa shape index (κ1) is 25.5. The van der Waals surface area contributed by atoms with E-state index in [4.69, 9.17) is 9.47 Å². The molecule has 0 spiro atoms. The van der Waals surface area contributed by atoms with Crippen LogP contribution in [0.25, 0.3) is 22.0 Å². The van der Waals surface area contributed by atoms with Gasteiger partial charge in [0.2, 0.25) is 0 Å². The second-order valence-corrected chi connectivity index (χ2v) is 9.11. The van der Waals surface area contributed by atoms with Crippen LogP contribution in [-0.4, -0.2) is 30.2 Å². The van der Waals surface area contributed by atoms with Crippen LogP contribution in [0.3, 0.4) is 0 Å². The molecule has 7 nitrogen and oxygen atoms in total. The lowest BCUT2D eigenvalue weighted by molar-refractivity contribution is 0.0729. The summed E-state index contributed by atoms with van der Waals surface area (Å²) in [4.78, 5) is 29.0. The summed E-state index contributed by atoms with van der Waals surface area (Å²) in [6, 6.07) is 27.7. The molecule has 0 unspecified atom stereocenters. The van der Waals surface area contributed by atoms with Crippen LogP contribution in [0.4, 0.5) is 0 Å². The molecule has 194 valence electrons. The third-order valence-electron chi connectivity index (χ3n) is 6.32. The Morgan fingerprint density at radius 2 is 1.59 bits per heavy atom. The standard InChI is InChI=1S/C32H27N3O4/c1-20-16-21(2)29-25(17-20)28(23-10-6-4-7-11-23)30(34-29)31(36)35-33-19-22-14-15-26(27(18-22)38-3)39-32(37)24-12-8-5-9-13-24/h4-19,34H,1-3H3,(H,35,36). The molecule has 0 aliphatic carbocycles. The third kappa shape index (κ3) is 5.43. The monoisotopic (exact) mass is 517 g/mol. The van der Waals surface area contributed by atoms with Gasteiger partial charge in [-0.2, -0.15) is 5.10 Å². The van der Waals surface area contributed by atoms with Gasteiger partial charge in [0, 0.05) is 16.5 Å². The predicted molar refractivity (Wildman–Crippen MR) is 153 cm³/mol. The quantitative estimate of drug-likeness (QED) is 0.112. The number of carbonyl (C=O) groups is 2. The van der Waals surface area contributed by atoms with Crippen molar-refractivity contribution in [2.75, 3.05) is 7.11 Å². The summed E-state index contributed by atoms with van der Waals surface area (Å²) in [6.45, 7) is 4.06. The number of nitrogens with one attached hydrogen (secondary N) is 2. The molecule has 0 aliphatic rings. The average molecular weight is 518 g/mol. The van der Waals surface area contributed by atoms with Crippen LogP contribution in [0.2, 0.25) is 0 Å². The van der Waals surface area contributed by atoms with Crippen LogP contribution in [0.1, 0.15) is 37.5 Å². The number of aromatic amines is 1. The van der Waals surface area contributed by atoms with Gasteiger partial charge in [-0.1, -0.05) is 60.2 Å². The Labute approximate surface area is 226 Å². The number of benzene rings is 4. The molecule has 0 bridgehead atoms. The SMILES string of the molecule is COc1cc(C=NNC(=O)c2[nH]c3c(C)cc(C)cc3c2-c2ccccc2)ccc1OC(=O)c1ccccc1. The Balaban J connectivity index is 1.37. The molecule has 0 fully saturated rings. The van der Waals surface area contributed by atoms with Crippen molar-refractivity contribution in [2.45, 2.75) is 13.8 Å². The molecule has 2 N–H and O–H groups in total. The number of rotatable bonds is 7. The number of H-pyrrole nitrogens is 1. The van der Waals surface area contributed by atoms with Gasteiger partial charge in [0.1, 0.15) is 5.69 Å². The van der Waals surface area contributed by atoms with Crippen LogP contribution < -0.4 is 14.9 Å². The molecule has 1 aromatic heterocycles. The van der Waals surface area contributed by atoms with E-state index in [1.54, 1.807) is 42.5 Å². The van der Waals surface area contributed by atoms with E-state index >= 15 is 0 Å². The third-order valence-corrected chi connectivity index (χ3v) is 6.32. The Kier molecular flexibility index (Phi) is 7.23. The van der Waals surface area contributed by atoms with E-state index in [9.17, 15) is 9.59 Å². The first-order valence-electron chi connectivity index (χ1n) is 12.4. The van der Waals surface area contributed by atoms with E-state index in [-0.39, 0.29) is 11.7 Å². The summed E-state index contributed by atoms with van der Waals surface area (Å²) in [5, 5.41) is 5.15. The number of nitrogens with zero attached hydrogens (tertiary/aromatic N) is 1. The molecular weight excluding hydrogens is 490 g/mol. The molecule has 0 atom stereocenters. The number of methoxy groups -OCH3 is 1. The summed E-state index contributed by atoms with van der Waals surface area (Å²) >= 11 is 0. The summed E-state index contributed by atoms with van der Waals surface area (Å²) in [7, 11) is 1.49. The van der Waals surface area contributed by atoms with Gasteiger partial charge in [0.05, 0.1) is 18.9 Å². The van der Waals surface area contributed by atoms with Gasteiger partial charge >= 0.3 is 5.97 Å². The van der Waals surface area contributed by atoms with Gasteiger partial charge in [-0.05, 0) is 66.9 Å². The van der Waals surface area contributed by atoms with E-state index in [2.05, 4.69) is 27.6 Å². The van der Waals surface area contributed by atoms with Crippen molar-refractivity contribution in [2.24, 2.45) is 5.10 Å². The lowest BCUT2D eigenvalue weighted by Gasteiger charge is -2.10. The van der Waals surface area contributed by atoms with Gasteiger partial charge < -0.3 is 14.5 Å². The fourth-order valence-electron chi connectivity index (χ4n) is 4.53. The van der Waals surface area contributed by atoms with Crippen molar-refractivity contribution in [1.82, 2.24) is 10.4 Å². The molecule has 0 saturated carbocycles. The van der Waals surface area contributed by atoms with Crippen molar-refractivity contribution in [3.63, 3.8) is 0 Å². The second kappa shape index (κ2) is 11.1. The first-order chi connectivity index (χ1) is 18.9. The minimum atomic E-state index is -0.486. The van der Waals surface area contributed by atoms with Crippen molar-refractivity contribution in [3.8, 4) is 22.6 Å². The normalized spacial score (nSPS) is 11.1. The van der Waals surface area contributed by atoms with E-state index in [1.165, 1.54) is 13.3 Å². The molecular formula is C32H27N3O4. The highest BCUT2D eigenvalue weighted by atomic mass is 16.6. The zero-order chi connectivity index (χ0) is 27.4. The van der Waals surface area contributed by atoms with E-state index in [1.807, 2.05) is 50.2 Å². The maximum atomic E-state index is 13.3. The Hall–Kier alpha value is -5.17. The predicted octanol–water partition coefficient (Wildman–Crippen LogP) is 6.44. The van der Waals surface area contributed by atoms with Crippen molar-refractivity contribution < 1.29 is 19.1 Å². The molecule has 5 rings (SSSR count). The molecule has 1 amide bonds. The zero-order valence-electron chi connectivity index (χ0n) is 21.8. The highest BCUT2D eigenvalue weighted by Crippen LogP contribution is 2.35. The first-order valence-corrected chi connectivity index (χ1v) is 12.4. The van der Waals surface area contributed by atoms with Crippen LogP contribution in [0.15, 0.2) is 96.1 Å². The second-order valence-electron chi connectivity index (χ2n) is 9.11. The number of aromatic nitrogens is 1. The summed E-state index contributed by atoms with van der Waals surface area (Å²) in [6.07, 6.45) is 1.50. The molecule has 0 radical (unpaired) electrons. The fourth-order valence-corrected chi connectivity index (χ4v) is 4.53. The number of aryl methyl sites for hydroxylation is 2. The topological polar surface area (TPSA) is 92.8 Å². The molecule has 0 saturated heterocycles. The number of hydrogen-bond donors (Lipinski definition) is 2. The number of fused-ring (bicyclic) bond motifs is 1. The van der Waals surface area contributed by atoms with Crippen molar-refractivity contribution >= 4 is 29.0 Å². The summed E-state index contributed by atoms with van der Waals surface area (Å²) in [5.74, 6) is -0.203. The minimum Gasteiger partial charge on any atom is -0.493 e. The zero-order valence-corrected chi connectivity index (χ0v) is 21.8. The lowest BCUT2D eigenvalue weighted by atomic mass is 9.99. The molecule has 0 aliphatic heterocycles. The number of esters is 1. The van der Waals surface area contributed by atoms with Gasteiger partial charge in [-0.3, -0.25) is 4.79 Å². The molecule has 5 aromatic rings. The fraction of sp³-hybridized carbons (Fsp3) is 0.0938. The van der Waals surface area contributed by atoms with Crippen molar-refractivity contribution in [3.05, 3.63) is 119 Å². The largest absolute Gasteiger partial charge is 0.493 e. The van der Waals surface area contributed by atoms with E-state index in [0.29, 0.717) is 22.6 Å². The molecule has 39 heavy (non-hydrogen) atoms. The van der Waals surface area contributed by atoms with Gasteiger partial charge in [-0.15, -0.1) is 0 Å². The van der Waals surface area contributed by atoms with Gasteiger partial charge in [0.15, 0.2) is 11.5 Å². The highest BCUT2D eigenvalue weighted by Gasteiger charge is 2.20. The average Bonchev–Trinajstić information content (AvgIpc) is 3.34. The number of hydrazone groups is 1. The van der Waals surface area contributed by atoms with Gasteiger partial charge in [-0.25, -0.2) is 10.2 Å². The van der Waals surface area contributed by atoms with Crippen molar-refractivity contribution in [1.29, 1.82) is 0 Å². The number of ether oxygens (including phenoxy) is 2. The maximum absolute atomic E-state index is 13.3. The van der Waals surface area contributed by atoms with Crippen LogP contribution in [-0.2, 0) is 0 Å².